The number of rotatable bonds is 9. The molecule has 0 unspecified atom stereocenters. The van der Waals surface area contributed by atoms with Crippen molar-refractivity contribution in [2.45, 2.75) is 6.92 Å². The van der Waals surface area contributed by atoms with Crippen molar-refractivity contribution in [2.24, 2.45) is 10.8 Å². The number of nitrogens with two attached hydrogens (primary N) is 1. The van der Waals surface area contributed by atoms with E-state index in [1.165, 1.54) is 6.21 Å². The van der Waals surface area contributed by atoms with Gasteiger partial charge in [0.25, 0.3) is 11.8 Å². The van der Waals surface area contributed by atoms with Gasteiger partial charge in [-0.25, -0.2) is 10.4 Å². The Bertz CT molecular complexity index is 1490. The van der Waals surface area contributed by atoms with Crippen molar-refractivity contribution >= 4 is 56.5 Å². The molecule has 4 rings (SSSR count). The lowest BCUT2D eigenvalue weighted by atomic mass is 10.0. The van der Waals surface area contributed by atoms with E-state index in [9.17, 15) is 9.59 Å². The summed E-state index contributed by atoms with van der Waals surface area (Å²) in [5, 5.41) is 5.44. The number of para-hydroxylation sites is 1. The molecule has 0 radical (unpaired) electrons. The molecule has 8 nitrogen and oxygen atoms in total. The third kappa shape index (κ3) is 6.44. The highest BCUT2D eigenvalue weighted by atomic mass is 79.9. The minimum Gasteiger partial charge on any atom is -0.490 e. The van der Waals surface area contributed by atoms with Gasteiger partial charge in [-0.3, -0.25) is 9.59 Å². The van der Waals surface area contributed by atoms with Gasteiger partial charge in [0.15, 0.2) is 18.1 Å². The second kappa shape index (κ2) is 11.9. The Labute approximate surface area is 226 Å². The van der Waals surface area contributed by atoms with Crippen LogP contribution in [0.3, 0.4) is 0 Å². The van der Waals surface area contributed by atoms with Crippen molar-refractivity contribution in [3.63, 3.8) is 0 Å². The van der Waals surface area contributed by atoms with Crippen LogP contribution in [0, 0.1) is 0 Å². The summed E-state index contributed by atoms with van der Waals surface area (Å²) < 4.78 is 11.6. The minimum atomic E-state index is -0.606. The first kappa shape index (κ1) is 26.1. The number of hydrogen-bond acceptors (Lipinski definition) is 6. The molecule has 0 aliphatic heterocycles. The van der Waals surface area contributed by atoms with Gasteiger partial charge >= 0.3 is 0 Å². The van der Waals surface area contributed by atoms with E-state index in [-0.39, 0.29) is 6.61 Å². The zero-order valence-corrected chi connectivity index (χ0v) is 22.0. The monoisotopic (exact) mass is 580 g/mol. The van der Waals surface area contributed by atoms with Crippen molar-refractivity contribution in [3.05, 3.63) is 87.4 Å². The van der Waals surface area contributed by atoms with E-state index in [0.717, 1.165) is 5.56 Å². The van der Waals surface area contributed by atoms with Gasteiger partial charge < -0.3 is 15.2 Å². The normalized spacial score (nSPS) is 11.0. The third-order valence-corrected chi connectivity index (χ3v) is 6.01. The highest BCUT2D eigenvalue weighted by Gasteiger charge is 2.15. The number of carbonyl (C=O) groups is 2. The van der Waals surface area contributed by atoms with E-state index < -0.39 is 11.8 Å². The maximum absolute atomic E-state index is 13.2. The fourth-order valence-corrected chi connectivity index (χ4v) is 4.27. The topological polar surface area (TPSA) is 116 Å². The number of hydrazone groups is 1. The van der Waals surface area contributed by atoms with Gasteiger partial charge in [0, 0.05) is 16.0 Å². The Morgan fingerprint density at radius 1 is 1.11 bits per heavy atom. The SMILES string of the molecule is CCOc1cc(/C=N/NC(=O)c2cc(-c3ccc(Cl)cc3)nc3ccccc23)cc(Br)c1OCC(N)=O. The number of halogens is 2. The second-order valence-corrected chi connectivity index (χ2v) is 9.09. The molecule has 0 spiro atoms. The van der Waals surface area contributed by atoms with Crippen molar-refractivity contribution < 1.29 is 19.1 Å². The lowest BCUT2D eigenvalue weighted by Gasteiger charge is -2.13. The molecule has 37 heavy (non-hydrogen) atoms. The molecule has 0 saturated heterocycles. The Balaban J connectivity index is 1.60. The van der Waals surface area contributed by atoms with E-state index in [2.05, 4.69) is 26.5 Å². The number of fused-ring (bicyclic) bond motifs is 1. The molecule has 0 bridgehead atoms. The van der Waals surface area contributed by atoms with Gasteiger partial charge in [0.05, 0.1) is 34.1 Å². The number of hydrogen-bond donors (Lipinski definition) is 2. The number of aromatic nitrogens is 1. The number of benzene rings is 3. The summed E-state index contributed by atoms with van der Waals surface area (Å²) in [6, 6.07) is 19.8. The first-order chi connectivity index (χ1) is 17.9. The Morgan fingerprint density at radius 3 is 2.59 bits per heavy atom. The third-order valence-electron chi connectivity index (χ3n) is 5.17. The molecule has 10 heteroatoms. The smallest absolute Gasteiger partial charge is 0.272 e. The molecule has 0 saturated carbocycles. The summed E-state index contributed by atoms with van der Waals surface area (Å²) in [5.41, 5.74) is 11.0. The summed E-state index contributed by atoms with van der Waals surface area (Å²) in [6.07, 6.45) is 1.48. The zero-order valence-electron chi connectivity index (χ0n) is 19.7. The lowest BCUT2D eigenvalue weighted by Crippen LogP contribution is -2.20. The summed E-state index contributed by atoms with van der Waals surface area (Å²) in [6.45, 7) is 1.91. The first-order valence-electron chi connectivity index (χ1n) is 11.2. The molecule has 2 amide bonds. The molecule has 0 aliphatic rings. The molecule has 0 atom stereocenters. The minimum absolute atomic E-state index is 0.292. The van der Waals surface area contributed by atoms with Gasteiger partial charge in [-0.15, -0.1) is 0 Å². The number of pyridine rings is 1. The van der Waals surface area contributed by atoms with Gasteiger partial charge in [-0.2, -0.15) is 5.10 Å². The van der Waals surface area contributed by atoms with Crippen molar-refractivity contribution in [1.29, 1.82) is 0 Å². The van der Waals surface area contributed by atoms with E-state index in [4.69, 9.17) is 31.8 Å². The predicted octanol–water partition coefficient (Wildman–Crippen LogP) is 5.34. The molecule has 1 heterocycles. The Hall–Kier alpha value is -3.95. The van der Waals surface area contributed by atoms with E-state index in [0.29, 0.717) is 55.3 Å². The number of carbonyl (C=O) groups excluding carboxylic acids is 2. The predicted molar refractivity (Wildman–Crippen MR) is 147 cm³/mol. The van der Waals surface area contributed by atoms with Crippen molar-refractivity contribution in [1.82, 2.24) is 10.4 Å². The van der Waals surface area contributed by atoms with Gasteiger partial charge in [-0.05, 0) is 64.8 Å². The van der Waals surface area contributed by atoms with E-state index >= 15 is 0 Å². The van der Waals surface area contributed by atoms with Crippen LogP contribution in [0.5, 0.6) is 11.5 Å². The van der Waals surface area contributed by atoms with Crippen LogP contribution in [0.1, 0.15) is 22.8 Å². The highest BCUT2D eigenvalue weighted by molar-refractivity contribution is 9.10. The van der Waals surface area contributed by atoms with Gasteiger partial charge in [0.1, 0.15) is 0 Å². The molecule has 3 aromatic carbocycles. The van der Waals surface area contributed by atoms with Crippen LogP contribution in [-0.4, -0.2) is 36.2 Å². The summed E-state index contributed by atoms with van der Waals surface area (Å²) in [7, 11) is 0. The number of amides is 2. The Morgan fingerprint density at radius 2 is 1.86 bits per heavy atom. The number of nitrogens with zero attached hydrogens (tertiary/aromatic N) is 2. The zero-order chi connectivity index (χ0) is 26.4. The summed E-state index contributed by atoms with van der Waals surface area (Å²) in [4.78, 5) is 29.0. The number of primary amides is 1. The maximum atomic E-state index is 13.2. The fraction of sp³-hybridized carbons (Fsp3) is 0.111. The van der Waals surface area contributed by atoms with Crippen molar-refractivity contribution in [2.75, 3.05) is 13.2 Å². The van der Waals surface area contributed by atoms with Crippen molar-refractivity contribution in [3.8, 4) is 22.8 Å². The number of ether oxygens (including phenoxy) is 2. The molecular weight excluding hydrogens is 560 g/mol. The average molecular weight is 582 g/mol. The maximum Gasteiger partial charge on any atom is 0.272 e. The Kier molecular flexibility index (Phi) is 8.37. The first-order valence-corrected chi connectivity index (χ1v) is 12.4. The molecule has 0 fully saturated rings. The summed E-state index contributed by atoms with van der Waals surface area (Å²) in [5.74, 6) is -0.250. The molecular formula is C27H22BrClN4O4. The molecule has 0 aliphatic carbocycles. The van der Waals surface area contributed by atoms with Crippen LogP contribution in [0.4, 0.5) is 0 Å². The highest BCUT2D eigenvalue weighted by Crippen LogP contribution is 2.36. The fourth-order valence-electron chi connectivity index (χ4n) is 3.57. The van der Waals surface area contributed by atoms with Crippen LogP contribution in [0.25, 0.3) is 22.2 Å². The second-order valence-electron chi connectivity index (χ2n) is 7.80. The summed E-state index contributed by atoms with van der Waals surface area (Å²) >= 11 is 9.44. The van der Waals surface area contributed by atoms with E-state index in [1.807, 2.05) is 43.3 Å². The number of nitrogens with one attached hydrogen (secondary N) is 1. The van der Waals surface area contributed by atoms with Gasteiger partial charge in [-0.1, -0.05) is 41.9 Å². The molecule has 4 aromatic rings. The molecule has 188 valence electrons. The lowest BCUT2D eigenvalue weighted by molar-refractivity contribution is -0.119. The average Bonchev–Trinajstić information content (AvgIpc) is 2.88. The quantitative estimate of drug-likeness (QED) is 0.204. The molecule has 3 N–H and O–H groups in total. The molecule has 1 aromatic heterocycles. The standard InChI is InChI=1S/C27H22BrClN4O4/c1-2-36-24-12-16(11-21(28)26(24)37-15-25(30)34)14-31-33-27(35)20-13-23(17-7-9-18(29)10-8-17)32-22-6-4-3-5-19(20)22/h3-14H,2,15H2,1H3,(H2,30,34)(H,33,35)/b31-14+. The van der Waals surface area contributed by atoms with Crippen LogP contribution in [0.15, 0.2) is 76.3 Å². The van der Waals surface area contributed by atoms with Crippen LogP contribution >= 0.6 is 27.5 Å². The van der Waals surface area contributed by atoms with Gasteiger partial charge in [0.2, 0.25) is 0 Å². The largest absolute Gasteiger partial charge is 0.490 e. The van der Waals surface area contributed by atoms with Crippen LogP contribution in [0.2, 0.25) is 5.02 Å². The van der Waals surface area contributed by atoms with Crippen LogP contribution < -0.4 is 20.6 Å². The van der Waals surface area contributed by atoms with Crippen LogP contribution in [-0.2, 0) is 4.79 Å². The van der Waals surface area contributed by atoms with E-state index in [1.54, 1.807) is 30.3 Å².